The summed E-state index contributed by atoms with van der Waals surface area (Å²) in [6, 6.07) is 3.53. The maximum atomic E-state index is 12.9. The third-order valence-corrected chi connectivity index (χ3v) is 6.68. The second kappa shape index (κ2) is 9.28. The zero-order chi connectivity index (χ0) is 22.0. The molecule has 1 aromatic heterocycles. The minimum absolute atomic E-state index is 0.0472. The maximum absolute atomic E-state index is 12.9. The van der Waals surface area contributed by atoms with Crippen LogP contribution in [-0.4, -0.2) is 35.4 Å². The number of aromatic nitrogens is 2. The number of aromatic hydroxyl groups is 1. The number of rotatable bonds is 6. The van der Waals surface area contributed by atoms with Crippen molar-refractivity contribution in [3.05, 3.63) is 55.6 Å². The Labute approximate surface area is 186 Å². The molecule has 0 spiro atoms. The number of aromatic amines is 1. The van der Waals surface area contributed by atoms with Gasteiger partial charge in [-0.15, -0.1) is 0 Å². The topological polar surface area (TPSA) is 93.1 Å². The molecule has 166 valence electrons. The normalized spacial score (nSPS) is 18.3. The van der Waals surface area contributed by atoms with Crippen molar-refractivity contribution in [3.8, 4) is 17.4 Å². The SMILES string of the molecule is COc1cc2c(cc1OC)[C@@H](c1c(O)n(CCC3=CCCCC3)c(=S)[nH]c1=O)[NH2+]CC2. The number of nitrogens with one attached hydrogen (secondary N) is 1. The van der Waals surface area contributed by atoms with Gasteiger partial charge in [0.15, 0.2) is 16.3 Å². The van der Waals surface area contributed by atoms with E-state index in [0.29, 0.717) is 23.6 Å². The Balaban J connectivity index is 1.74. The van der Waals surface area contributed by atoms with Crippen LogP contribution in [0.5, 0.6) is 17.4 Å². The summed E-state index contributed by atoms with van der Waals surface area (Å²) in [7, 11) is 3.20. The van der Waals surface area contributed by atoms with Crippen molar-refractivity contribution in [2.75, 3.05) is 20.8 Å². The number of nitrogens with zero attached hydrogens (tertiary/aromatic N) is 1. The summed E-state index contributed by atoms with van der Waals surface area (Å²) in [6.07, 6.45) is 8.61. The largest absolute Gasteiger partial charge is 0.494 e. The third-order valence-electron chi connectivity index (χ3n) is 6.36. The molecule has 0 radical (unpaired) electrons. The monoisotopic (exact) mass is 444 g/mol. The van der Waals surface area contributed by atoms with Crippen LogP contribution in [0.25, 0.3) is 0 Å². The van der Waals surface area contributed by atoms with Crippen molar-refractivity contribution in [3.63, 3.8) is 0 Å². The summed E-state index contributed by atoms with van der Waals surface area (Å²) in [6.45, 7) is 1.35. The quantitative estimate of drug-likeness (QED) is 0.471. The highest BCUT2D eigenvalue weighted by Gasteiger charge is 2.32. The standard InChI is InChI=1S/C23H29N3O4S/c1-29-17-12-15-8-10-24-20(16(15)13-18(17)30-2)19-21(27)25-23(31)26(22(19)28)11-9-14-6-4-3-5-7-14/h6,12-13,20,24,28H,3-5,7-11H2,1-2H3,(H,25,27,31)/p+1/t20-/m0/s1. The molecule has 4 N–H and O–H groups in total. The number of hydrogen-bond acceptors (Lipinski definition) is 5. The van der Waals surface area contributed by atoms with Crippen LogP contribution in [0, 0.1) is 4.77 Å². The molecule has 1 aliphatic carbocycles. The van der Waals surface area contributed by atoms with Crippen LogP contribution in [0.2, 0.25) is 0 Å². The highest BCUT2D eigenvalue weighted by Crippen LogP contribution is 2.36. The van der Waals surface area contributed by atoms with E-state index in [2.05, 4.69) is 16.4 Å². The van der Waals surface area contributed by atoms with Gasteiger partial charge in [-0.25, -0.2) is 0 Å². The predicted molar refractivity (Wildman–Crippen MR) is 121 cm³/mol. The molecule has 0 amide bonds. The summed E-state index contributed by atoms with van der Waals surface area (Å²) >= 11 is 5.39. The maximum Gasteiger partial charge on any atom is 0.265 e. The van der Waals surface area contributed by atoms with Crippen LogP contribution < -0.4 is 20.3 Å². The van der Waals surface area contributed by atoms with E-state index in [4.69, 9.17) is 21.7 Å². The van der Waals surface area contributed by atoms with E-state index in [0.717, 1.165) is 43.4 Å². The second-order valence-corrected chi connectivity index (χ2v) is 8.55. The number of hydrogen-bond donors (Lipinski definition) is 3. The van der Waals surface area contributed by atoms with Crippen molar-refractivity contribution in [1.29, 1.82) is 0 Å². The molecule has 1 aliphatic heterocycles. The van der Waals surface area contributed by atoms with Gasteiger partial charge in [0.25, 0.3) is 5.56 Å². The van der Waals surface area contributed by atoms with Crippen LogP contribution in [0.4, 0.5) is 0 Å². The van der Waals surface area contributed by atoms with Gasteiger partial charge in [-0.2, -0.15) is 0 Å². The molecular formula is C23H30N3O4S+. The number of ether oxygens (including phenoxy) is 2. The minimum Gasteiger partial charge on any atom is -0.494 e. The molecule has 2 aliphatic rings. The number of fused-ring (bicyclic) bond motifs is 1. The molecule has 0 bridgehead atoms. The van der Waals surface area contributed by atoms with Gasteiger partial charge >= 0.3 is 0 Å². The van der Waals surface area contributed by atoms with E-state index in [1.165, 1.54) is 18.4 Å². The molecule has 1 atom stereocenters. The summed E-state index contributed by atoms with van der Waals surface area (Å²) in [5.74, 6) is 1.22. The lowest BCUT2D eigenvalue weighted by atomic mass is 9.90. The summed E-state index contributed by atoms with van der Waals surface area (Å²) in [5.41, 5.74) is 3.42. The lowest BCUT2D eigenvalue weighted by molar-refractivity contribution is -0.690. The minimum atomic E-state index is -0.348. The average molecular weight is 445 g/mol. The van der Waals surface area contributed by atoms with Crippen LogP contribution in [0.15, 0.2) is 28.6 Å². The van der Waals surface area contributed by atoms with Crippen LogP contribution >= 0.6 is 12.2 Å². The molecule has 1 aromatic carbocycles. The van der Waals surface area contributed by atoms with Gasteiger partial charge in [0, 0.05) is 18.5 Å². The first kappa shape index (κ1) is 21.6. The van der Waals surface area contributed by atoms with E-state index < -0.39 is 0 Å². The summed E-state index contributed by atoms with van der Waals surface area (Å²) in [5, 5.41) is 13.2. The van der Waals surface area contributed by atoms with Crippen LogP contribution in [0.1, 0.15) is 54.8 Å². The zero-order valence-corrected chi connectivity index (χ0v) is 18.9. The molecule has 2 aromatic rings. The van der Waals surface area contributed by atoms with Gasteiger partial charge in [0.05, 0.1) is 20.8 Å². The zero-order valence-electron chi connectivity index (χ0n) is 18.1. The molecule has 31 heavy (non-hydrogen) atoms. The molecule has 0 saturated carbocycles. The number of allylic oxidation sites excluding steroid dienone is 2. The fourth-order valence-electron chi connectivity index (χ4n) is 4.70. The second-order valence-electron chi connectivity index (χ2n) is 8.16. The first-order chi connectivity index (χ1) is 15.0. The lowest BCUT2D eigenvalue weighted by Gasteiger charge is -2.26. The molecule has 0 saturated heterocycles. The first-order valence-corrected chi connectivity index (χ1v) is 11.3. The van der Waals surface area contributed by atoms with E-state index in [1.807, 2.05) is 12.1 Å². The van der Waals surface area contributed by atoms with Crippen LogP contribution in [-0.2, 0) is 13.0 Å². The Bertz CT molecular complexity index is 1120. The van der Waals surface area contributed by atoms with Gasteiger partial charge in [0.1, 0.15) is 11.6 Å². The van der Waals surface area contributed by atoms with Gasteiger partial charge in [-0.1, -0.05) is 11.6 Å². The van der Waals surface area contributed by atoms with E-state index in [1.54, 1.807) is 18.8 Å². The van der Waals surface area contributed by atoms with Crippen LogP contribution in [0.3, 0.4) is 0 Å². The fraction of sp³-hybridized carbons (Fsp3) is 0.478. The lowest BCUT2D eigenvalue weighted by Crippen LogP contribution is -2.87. The van der Waals surface area contributed by atoms with Crippen molar-refractivity contribution < 1.29 is 19.9 Å². The first-order valence-electron chi connectivity index (χ1n) is 10.9. The van der Waals surface area contributed by atoms with E-state index >= 15 is 0 Å². The third kappa shape index (κ3) is 4.27. The van der Waals surface area contributed by atoms with Crippen molar-refractivity contribution in [2.45, 2.75) is 51.1 Å². The Kier molecular flexibility index (Phi) is 6.48. The summed E-state index contributed by atoms with van der Waals surface area (Å²) < 4.78 is 12.8. The Morgan fingerprint density at radius 3 is 2.71 bits per heavy atom. The van der Waals surface area contributed by atoms with E-state index in [-0.39, 0.29) is 22.3 Å². The number of benzene rings is 1. The number of nitrogens with two attached hydrogens (primary N) is 1. The Morgan fingerprint density at radius 2 is 2.00 bits per heavy atom. The molecule has 8 heteroatoms. The van der Waals surface area contributed by atoms with Gasteiger partial charge in [0.2, 0.25) is 5.88 Å². The number of quaternary nitrogens is 1. The highest BCUT2D eigenvalue weighted by molar-refractivity contribution is 7.71. The number of methoxy groups -OCH3 is 2. The van der Waals surface area contributed by atoms with Crippen molar-refractivity contribution in [1.82, 2.24) is 9.55 Å². The summed E-state index contributed by atoms with van der Waals surface area (Å²) in [4.78, 5) is 15.7. The smallest absolute Gasteiger partial charge is 0.265 e. The fourth-order valence-corrected chi connectivity index (χ4v) is 4.97. The molecule has 7 nitrogen and oxygen atoms in total. The highest BCUT2D eigenvalue weighted by atomic mass is 32.1. The molecular weight excluding hydrogens is 414 g/mol. The van der Waals surface area contributed by atoms with Gasteiger partial charge in [-0.3, -0.25) is 14.3 Å². The molecule has 0 unspecified atom stereocenters. The predicted octanol–water partition coefficient (Wildman–Crippen LogP) is 2.73. The van der Waals surface area contributed by atoms with Gasteiger partial charge in [-0.05, 0) is 62.0 Å². The Hall–Kier alpha value is -2.58. The molecule has 0 fully saturated rings. The average Bonchev–Trinajstić information content (AvgIpc) is 2.78. The molecule has 4 rings (SSSR count). The van der Waals surface area contributed by atoms with Crippen molar-refractivity contribution >= 4 is 12.2 Å². The van der Waals surface area contributed by atoms with Gasteiger partial charge < -0.3 is 19.9 Å². The van der Waals surface area contributed by atoms with E-state index in [9.17, 15) is 9.90 Å². The Morgan fingerprint density at radius 1 is 1.23 bits per heavy atom. The molecule has 2 heterocycles. The number of H-pyrrole nitrogens is 1. The van der Waals surface area contributed by atoms with Crippen molar-refractivity contribution in [2.24, 2.45) is 0 Å².